The van der Waals surface area contributed by atoms with E-state index in [1.165, 1.54) is 36.7 Å². The minimum Gasteiger partial charge on any atom is -0.493 e. The Morgan fingerprint density at radius 1 is 0.933 bits per heavy atom. The number of halogens is 2. The zero-order valence-electron chi connectivity index (χ0n) is 16.7. The van der Waals surface area contributed by atoms with Crippen LogP contribution in [0.15, 0.2) is 71.6 Å². The minimum absolute atomic E-state index is 0.155. The third kappa shape index (κ3) is 4.37. The van der Waals surface area contributed by atoms with E-state index in [4.69, 9.17) is 21.1 Å². The average molecular weight is 450 g/mol. The lowest BCUT2D eigenvalue weighted by molar-refractivity contribution is 0.355. The summed E-state index contributed by atoms with van der Waals surface area (Å²) in [6.45, 7) is 1.75. The minimum atomic E-state index is -4.11. The number of sulfonamides is 1. The highest BCUT2D eigenvalue weighted by molar-refractivity contribution is 7.92. The number of nitrogens with zero attached hydrogens (tertiary/aromatic N) is 1. The molecule has 0 aliphatic rings. The van der Waals surface area contributed by atoms with Crippen molar-refractivity contribution in [2.45, 2.75) is 17.9 Å². The largest absolute Gasteiger partial charge is 0.493 e. The molecule has 0 fully saturated rings. The van der Waals surface area contributed by atoms with Crippen LogP contribution in [0.5, 0.6) is 11.5 Å². The normalized spacial score (nSPS) is 12.3. The van der Waals surface area contributed by atoms with Crippen LogP contribution in [0, 0.1) is 5.82 Å². The summed E-state index contributed by atoms with van der Waals surface area (Å²) < 4.78 is 52.8. The van der Waals surface area contributed by atoms with Crippen LogP contribution < -0.4 is 13.8 Å². The summed E-state index contributed by atoms with van der Waals surface area (Å²) in [5, 5.41) is 0.539. The van der Waals surface area contributed by atoms with Crippen LogP contribution in [0.3, 0.4) is 0 Å². The highest BCUT2D eigenvalue weighted by atomic mass is 35.5. The van der Waals surface area contributed by atoms with E-state index < -0.39 is 21.9 Å². The Balaban J connectivity index is 2.19. The van der Waals surface area contributed by atoms with Crippen molar-refractivity contribution in [2.24, 2.45) is 0 Å². The molecule has 30 heavy (non-hydrogen) atoms. The molecule has 1 atom stereocenters. The molecule has 0 spiro atoms. The van der Waals surface area contributed by atoms with E-state index in [0.717, 1.165) is 6.07 Å². The number of rotatable bonds is 7. The van der Waals surface area contributed by atoms with Gasteiger partial charge < -0.3 is 9.47 Å². The Morgan fingerprint density at radius 2 is 1.60 bits per heavy atom. The van der Waals surface area contributed by atoms with Gasteiger partial charge in [0.2, 0.25) is 0 Å². The summed E-state index contributed by atoms with van der Waals surface area (Å²) in [6.07, 6.45) is 0. The summed E-state index contributed by atoms with van der Waals surface area (Å²) >= 11 is 5.99. The van der Waals surface area contributed by atoms with Crippen molar-refractivity contribution in [3.05, 3.63) is 83.1 Å². The smallest absolute Gasteiger partial charge is 0.264 e. The molecular weight excluding hydrogens is 429 g/mol. The van der Waals surface area contributed by atoms with Gasteiger partial charge in [0, 0.05) is 11.1 Å². The Labute approximate surface area is 180 Å². The van der Waals surface area contributed by atoms with Gasteiger partial charge in [-0.2, -0.15) is 0 Å². The van der Waals surface area contributed by atoms with Crippen molar-refractivity contribution in [3.8, 4) is 11.5 Å². The van der Waals surface area contributed by atoms with Gasteiger partial charge in [0.15, 0.2) is 11.5 Å². The van der Waals surface area contributed by atoms with Gasteiger partial charge in [-0.3, -0.25) is 4.31 Å². The monoisotopic (exact) mass is 449 g/mol. The standard InChI is InChI=1S/C22H21ClFNO4S/c1-15(16-7-9-17(23)10-8-16)25(19-11-12-21(28-2)22(14-19)29-3)30(26,27)20-6-4-5-18(24)13-20/h4-15H,1-3H3/t15-/m0/s1. The molecule has 3 aromatic rings. The topological polar surface area (TPSA) is 55.8 Å². The van der Waals surface area contributed by atoms with Crippen LogP contribution in [0.4, 0.5) is 10.1 Å². The number of anilines is 1. The van der Waals surface area contributed by atoms with Crippen LogP contribution in [0.2, 0.25) is 5.02 Å². The molecule has 0 N–H and O–H groups in total. The Kier molecular flexibility index (Phi) is 6.53. The zero-order valence-corrected chi connectivity index (χ0v) is 18.2. The Hall–Kier alpha value is -2.77. The fourth-order valence-corrected chi connectivity index (χ4v) is 4.94. The van der Waals surface area contributed by atoms with E-state index in [1.807, 2.05) is 0 Å². The lowest BCUT2D eigenvalue weighted by atomic mass is 10.1. The molecule has 3 aromatic carbocycles. The predicted octanol–water partition coefficient (Wildman–Crippen LogP) is 5.45. The molecule has 0 bridgehead atoms. The maximum atomic E-state index is 13.8. The number of hydrogen-bond donors (Lipinski definition) is 0. The van der Waals surface area contributed by atoms with Gasteiger partial charge in [-0.25, -0.2) is 12.8 Å². The molecule has 0 unspecified atom stereocenters. The van der Waals surface area contributed by atoms with Crippen molar-refractivity contribution >= 4 is 27.3 Å². The molecule has 0 radical (unpaired) electrons. The molecule has 0 amide bonds. The summed E-state index contributed by atoms with van der Waals surface area (Å²) in [5.74, 6) is 0.198. The van der Waals surface area contributed by atoms with Crippen LogP contribution >= 0.6 is 11.6 Å². The summed E-state index contributed by atoms with van der Waals surface area (Å²) in [4.78, 5) is -0.155. The molecule has 158 valence electrons. The van der Waals surface area contributed by atoms with Crippen LogP contribution in [0.1, 0.15) is 18.5 Å². The van der Waals surface area contributed by atoms with Crippen molar-refractivity contribution in [3.63, 3.8) is 0 Å². The zero-order chi connectivity index (χ0) is 21.9. The van der Waals surface area contributed by atoms with Gasteiger partial charge in [0.1, 0.15) is 5.82 Å². The first-order valence-corrected chi connectivity index (χ1v) is 10.9. The molecular formula is C22H21ClFNO4S. The maximum absolute atomic E-state index is 13.8. The first kappa shape index (κ1) is 21.9. The highest BCUT2D eigenvalue weighted by Gasteiger charge is 2.31. The fourth-order valence-electron chi connectivity index (χ4n) is 3.15. The first-order valence-electron chi connectivity index (χ1n) is 9.05. The van der Waals surface area contributed by atoms with Crippen molar-refractivity contribution in [2.75, 3.05) is 18.5 Å². The molecule has 3 rings (SSSR count). The highest BCUT2D eigenvalue weighted by Crippen LogP contribution is 2.38. The fraction of sp³-hybridized carbons (Fsp3) is 0.182. The molecule has 0 saturated heterocycles. The number of benzene rings is 3. The SMILES string of the molecule is COc1ccc(N([C@@H](C)c2ccc(Cl)cc2)S(=O)(=O)c2cccc(F)c2)cc1OC. The van der Waals surface area contributed by atoms with E-state index in [-0.39, 0.29) is 4.90 Å². The van der Waals surface area contributed by atoms with Gasteiger partial charge in [-0.15, -0.1) is 0 Å². The first-order chi connectivity index (χ1) is 14.3. The van der Waals surface area contributed by atoms with Gasteiger partial charge >= 0.3 is 0 Å². The summed E-state index contributed by atoms with van der Waals surface area (Å²) in [6, 6.07) is 16.0. The van der Waals surface area contributed by atoms with E-state index >= 15 is 0 Å². The maximum Gasteiger partial charge on any atom is 0.264 e. The number of hydrogen-bond acceptors (Lipinski definition) is 4. The third-order valence-electron chi connectivity index (χ3n) is 4.68. The van der Waals surface area contributed by atoms with E-state index in [9.17, 15) is 12.8 Å². The predicted molar refractivity (Wildman–Crippen MR) is 115 cm³/mol. The Bertz CT molecular complexity index is 1140. The Morgan fingerprint density at radius 3 is 2.20 bits per heavy atom. The average Bonchev–Trinajstić information content (AvgIpc) is 2.74. The second-order valence-electron chi connectivity index (χ2n) is 6.53. The second-order valence-corrected chi connectivity index (χ2v) is 8.78. The van der Waals surface area contributed by atoms with Crippen molar-refractivity contribution in [1.29, 1.82) is 0 Å². The molecule has 0 heterocycles. The van der Waals surface area contributed by atoms with Gasteiger partial charge in [0.25, 0.3) is 10.0 Å². The van der Waals surface area contributed by atoms with Gasteiger partial charge in [0.05, 0.1) is 30.8 Å². The van der Waals surface area contributed by atoms with E-state index in [1.54, 1.807) is 49.4 Å². The molecule has 0 aliphatic carbocycles. The lowest BCUT2D eigenvalue weighted by Crippen LogP contribution is -2.33. The lowest BCUT2D eigenvalue weighted by Gasteiger charge is -2.31. The molecule has 0 aliphatic heterocycles. The van der Waals surface area contributed by atoms with Crippen LogP contribution in [-0.2, 0) is 10.0 Å². The van der Waals surface area contributed by atoms with Crippen molar-refractivity contribution < 1.29 is 22.3 Å². The molecule has 5 nitrogen and oxygen atoms in total. The summed E-state index contributed by atoms with van der Waals surface area (Å²) in [7, 11) is -1.15. The summed E-state index contributed by atoms with van der Waals surface area (Å²) in [5.41, 5.74) is 1.06. The second kappa shape index (κ2) is 8.93. The molecule has 8 heteroatoms. The van der Waals surface area contributed by atoms with Gasteiger partial charge in [-0.05, 0) is 55.0 Å². The number of ether oxygens (including phenoxy) is 2. The van der Waals surface area contributed by atoms with E-state index in [2.05, 4.69) is 0 Å². The third-order valence-corrected chi connectivity index (χ3v) is 6.83. The van der Waals surface area contributed by atoms with Crippen LogP contribution in [-0.4, -0.2) is 22.6 Å². The van der Waals surface area contributed by atoms with E-state index in [0.29, 0.717) is 27.8 Å². The number of methoxy groups -OCH3 is 2. The quantitative estimate of drug-likeness (QED) is 0.481. The van der Waals surface area contributed by atoms with Crippen molar-refractivity contribution in [1.82, 2.24) is 0 Å². The van der Waals surface area contributed by atoms with Crippen LogP contribution in [0.25, 0.3) is 0 Å². The van der Waals surface area contributed by atoms with Gasteiger partial charge in [-0.1, -0.05) is 29.8 Å². The molecule has 0 saturated carbocycles. The molecule has 0 aromatic heterocycles.